The van der Waals surface area contributed by atoms with Gasteiger partial charge in [-0.15, -0.1) is 0 Å². The molecule has 2 aromatic carbocycles. The lowest BCUT2D eigenvalue weighted by molar-refractivity contribution is -0.143. The van der Waals surface area contributed by atoms with Gasteiger partial charge in [-0.25, -0.2) is 4.79 Å². The fraction of sp³-hybridized carbons (Fsp3) is 0.320. The summed E-state index contributed by atoms with van der Waals surface area (Å²) in [5.41, 5.74) is 1.00. The zero-order valence-electron chi connectivity index (χ0n) is 19.4. The van der Waals surface area contributed by atoms with E-state index in [0.29, 0.717) is 40.5 Å². The van der Waals surface area contributed by atoms with Gasteiger partial charge in [-0.3, -0.25) is 9.59 Å². The third kappa shape index (κ3) is 5.48. The highest BCUT2D eigenvalue weighted by Gasteiger charge is 2.29. The number of carbonyl (C=O) groups is 3. The van der Waals surface area contributed by atoms with Gasteiger partial charge in [0.05, 0.1) is 19.8 Å². The van der Waals surface area contributed by atoms with E-state index in [9.17, 15) is 19.5 Å². The van der Waals surface area contributed by atoms with Gasteiger partial charge in [0.25, 0.3) is 5.91 Å². The number of hydrogen-bond donors (Lipinski definition) is 2. The molecule has 0 radical (unpaired) electrons. The van der Waals surface area contributed by atoms with Crippen LogP contribution in [-0.2, 0) is 9.59 Å². The summed E-state index contributed by atoms with van der Waals surface area (Å²) in [5.74, 6) is -0.323. The Morgan fingerprint density at radius 3 is 2.50 bits per heavy atom. The number of hydrogen-bond acceptors (Lipinski definition) is 7. The van der Waals surface area contributed by atoms with E-state index >= 15 is 0 Å². The predicted molar refractivity (Wildman–Crippen MR) is 123 cm³/mol. The largest absolute Gasteiger partial charge is 0.497 e. The van der Waals surface area contributed by atoms with Crippen LogP contribution in [0.1, 0.15) is 36.2 Å². The molecule has 1 amide bonds. The van der Waals surface area contributed by atoms with Gasteiger partial charge < -0.3 is 29.4 Å². The van der Waals surface area contributed by atoms with E-state index in [1.54, 1.807) is 50.4 Å². The molecule has 2 unspecified atom stereocenters. The smallest absolute Gasteiger partial charge is 0.326 e. The first-order valence-corrected chi connectivity index (χ1v) is 10.7. The van der Waals surface area contributed by atoms with E-state index in [-0.39, 0.29) is 24.1 Å². The summed E-state index contributed by atoms with van der Waals surface area (Å²) in [6.07, 6.45) is 2.18. The average Bonchev–Trinajstić information content (AvgIpc) is 3.15. The number of allylic oxidation sites excluding steroid dienone is 1. The molecule has 34 heavy (non-hydrogen) atoms. The maximum Gasteiger partial charge on any atom is 0.326 e. The van der Waals surface area contributed by atoms with Crippen molar-refractivity contribution in [3.63, 3.8) is 0 Å². The number of fused-ring (bicyclic) bond motifs is 1. The molecule has 9 nitrogen and oxygen atoms in total. The Morgan fingerprint density at radius 1 is 1.12 bits per heavy atom. The Balaban J connectivity index is 1.69. The van der Waals surface area contributed by atoms with E-state index < -0.39 is 17.9 Å². The fourth-order valence-electron chi connectivity index (χ4n) is 3.38. The minimum Gasteiger partial charge on any atom is -0.497 e. The molecule has 0 aliphatic carbocycles. The number of benzene rings is 2. The van der Waals surface area contributed by atoms with Crippen molar-refractivity contribution in [2.75, 3.05) is 20.8 Å². The number of carboxylic acids is 1. The molecule has 2 N–H and O–H groups in total. The summed E-state index contributed by atoms with van der Waals surface area (Å²) < 4.78 is 21.8. The Morgan fingerprint density at radius 2 is 1.85 bits per heavy atom. The van der Waals surface area contributed by atoms with Crippen LogP contribution in [-0.4, -0.2) is 49.6 Å². The number of rotatable bonds is 10. The molecule has 0 saturated carbocycles. The molecule has 2 atom stereocenters. The number of aliphatic carboxylic acids is 1. The van der Waals surface area contributed by atoms with Gasteiger partial charge in [-0.2, -0.15) is 0 Å². The standard InChI is InChI=1S/C25H27NO8/c1-5-14(2)23(25(29)30)26-22(27)13-33-17-8-9-18-20(12-17)34-21(24(18)28)10-15-6-7-16(31-3)11-19(15)32-4/h6-12,14,23H,5,13H2,1-4H3,(H,26,27)(H,29,30). The van der Waals surface area contributed by atoms with E-state index in [1.165, 1.54) is 13.2 Å². The third-order valence-electron chi connectivity index (χ3n) is 5.53. The van der Waals surface area contributed by atoms with Crippen LogP contribution in [0.4, 0.5) is 0 Å². The maximum atomic E-state index is 12.8. The van der Waals surface area contributed by atoms with Crippen molar-refractivity contribution in [2.24, 2.45) is 5.92 Å². The Labute approximate surface area is 197 Å². The topological polar surface area (TPSA) is 120 Å². The Hall–Kier alpha value is -4.01. The number of Topliss-reactive ketones (excluding diaryl/α,β-unsaturated/α-hetero) is 1. The molecular formula is C25H27NO8. The fourth-order valence-corrected chi connectivity index (χ4v) is 3.38. The van der Waals surface area contributed by atoms with Crippen molar-refractivity contribution in [1.82, 2.24) is 5.32 Å². The summed E-state index contributed by atoms with van der Waals surface area (Å²) in [7, 11) is 3.07. The lowest BCUT2D eigenvalue weighted by atomic mass is 9.99. The number of amides is 1. The van der Waals surface area contributed by atoms with Gasteiger partial charge >= 0.3 is 5.97 Å². The highest BCUT2D eigenvalue weighted by molar-refractivity contribution is 6.14. The zero-order chi connectivity index (χ0) is 24.8. The van der Waals surface area contributed by atoms with Crippen molar-refractivity contribution >= 4 is 23.7 Å². The summed E-state index contributed by atoms with van der Waals surface area (Å²) in [5, 5.41) is 11.8. The van der Waals surface area contributed by atoms with Gasteiger partial charge in [0.2, 0.25) is 5.78 Å². The van der Waals surface area contributed by atoms with Crippen LogP contribution in [0.3, 0.4) is 0 Å². The number of nitrogens with one attached hydrogen (secondary N) is 1. The van der Waals surface area contributed by atoms with E-state index in [0.717, 1.165) is 0 Å². The van der Waals surface area contributed by atoms with Crippen LogP contribution in [0, 0.1) is 5.92 Å². The summed E-state index contributed by atoms with van der Waals surface area (Å²) in [4.78, 5) is 36.3. The molecule has 1 aliphatic rings. The molecule has 9 heteroatoms. The highest BCUT2D eigenvalue weighted by Crippen LogP contribution is 2.36. The molecule has 0 fully saturated rings. The summed E-state index contributed by atoms with van der Waals surface area (Å²) in [6, 6.07) is 8.81. The van der Waals surface area contributed by atoms with Crippen LogP contribution in [0.5, 0.6) is 23.0 Å². The maximum absolute atomic E-state index is 12.8. The lowest BCUT2D eigenvalue weighted by Gasteiger charge is -2.20. The monoisotopic (exact) mass is 469 g/mol. The first kappa shape index (κ1) is 24.6. The molecule has 180 valence electrons. The van der Waals surface area contributed by atoms with Crippen molar-refractivity contribution in [3.05, 3.63) is 53.3 Å². The first-order valence-electron chi connectivity index (χ1n) is 10.7. The van der Waals surface area contributed by atoms with Crippen LogP contribution in [0.15, 0.2) is 42.2 Å². The van der Waals surface area contributed by atoms with Gasteiger partial charge in [-0.1, -0.05) is 20.3 Å². The van der Waals surface area contributed by atoms with Gasteiger partial charge in [-0.05, 0) is 36.3 Å². The number of carboxylic acid groups (broad SMARTS) is 1. The van der Waals surface area contributed by atoms with Crippen LogP contribution in [0.2, 0.25) is 0 Å². The molecule has 0 spiro atoms. The number of ketones is 1. The van der Waals surface area contributed by atoms with Gasteiger partial charge in [0.15, 0.2) is 12.4 Å². The highest BCUT2D eigenvalue weighted by atomic mass is 16.5. The summed E-state index contributed by atoms with van der Waals surface area (Å²) >= 11 is 0. The van der Waals surface area contributed by atoms with Crippen molar-refractivity contribution in [3.8, 4) is 23.0 Å². The van der Waals surface area contributed by atoms with Crippen molar-refractivity contribution in [1.29, 1.82) is 0 Å². The molecule has 1 aliphatic heterocycles. The second-order valence-electron chi connectivity index (χ2n) is 7.76. The minimum atomic E-state index is -1.10. The second kappa shape index (κ2) is 10.7. The van der Waals surface area contributed by atoms with Gasteiger partial charge in [0, 0.05) is 17.7 Å². The van der Waals surface area contributed by atoms with E-state index in [4.69, 9.17) is 18.9 Å². The molecule has 1 heterocycles. The predicted octanol–water partition coefficient (Wildman–Crippen LogP) is 3.31. The average molecular weight is 469 g/mol. The SMILES string of the molecule is CCC(C)C(NC(=O)COc1ccc2c(c1)OC(=Cc1ccc(OC)cc1OC)C2=O)C(=O)O. The molecule has 0 saturated heterocycles. The summed E-state index contributed by atoms with van der Waals surface area (Å²) in [6.45, 7) is 3.22. The zero-order valence-corrected chi connectivity index (χ0v) is 19.4. The van der Waals surface area contributed by atoms with E-state index in [2.05, 4.69) is 5.32 Å². The van der Waals surface area contributed by atoms with E-state index in [1.807, 2.05) is 6.92 Å². The number of carbonyl (C=O) groups excluding carboxylic acids is 2. The molecule has 0 bridgehead atoms. The second-order valence-corrected chi connectivity index (χ2v) is 7.76. The van der Waals surface area contributed by atoms with Crippen LogP contribution >= 0.6 is 0 Å². The molecule has 2 aromatic rings. The van der Waals surface area contributed by atoms with Crippen LogP contribution in [0.25, 0.3) is 6.08 Å². The van der Waals surface area contributed by atoms with Crippen LogP contribution < -0.4 is 24.3 Å². The van der Waals surface area contributed by atoms with Crippen molar-refractivity contribution in [2.45, 2.75) is 26.3 Å². The number of ether oxygens (including phenoxy) is 4. The third-order valence-corrected chi connectivity index (χ3v) is 5.53. The van der Waals surface area contributed by atoms with Crippen molar-refractivity contribution < 1.29 is 38.4 Å². The number of methoxy groups -OCH3 is 2. The molecule has 0 aromatic heterocycles. The Bertz CT molecular complexity index is 1120. The van der Waals surface area contributed by atoms with Gasteiger partial charge in [0.1, 0.15) is 29.0 Å². The molecular weight excluding hydrogens is 442 g/mol. The molecule has 3 rings (SSSR count). The lowest BCUT2D eigenvalue weighted by Crippen LogP contribution is -2.46. The minimum absolute atomic E-state index is 0.117. The normalized spacial score (nSPS) is 15.2. The first-order chi connectivity index (χ1) is 16.3. The Kier molecular flexibility index (Phi) is 7.78. The quantitative estimate of drug-likeness (QED) is 0.509.